The van der Waals surface area contributed by atoms with Gasteiger partial charge in [0.15, 0.2) is 0 Å². The summed E-state index contributed by atoms with van der Waals surface area (Å²) in [5.74, 6) is -1.32. The monoisotopic (exact) mass is 996 g/mol. The first-order valence-corrected chi connectivity index (χ1v) is 24.6. The van der Waals surface area contributed by atoms with E-state index in [0.717, 1.165) is 44.5 Å². The predicted octanol–water partition coefficient (Wildman–Crippen LogP) is 16.4. The van der Waals surface area contributed by atoms with Crippen LogP contribution in [0, 0.1) is 27.7 Å². The number of carbonyl (C=O) groups is 4. The van der Waals surface area contributed by atoms with Crippen LogP contribution in [0.3, 0.4) is 0 Å². The summed E-state index contributed by atoms with van der Waals surface area (Å²) in [5, 5.41) is 18.8. The zero-order chi connectivity index (χ0) is 53.3. The van der Waals surface area contributed by atoms with E-state index in [9.17, 15) is 29.4 Å². The highest BCUT2D eigenvalue weighted by atomic mass is 16.5. The molecule has 76 heavy (non-hydrogen) atoms. The molecule has 0 unspecified atom stereocenters. The Morgan fingerprint density at radius 1 is 0.289 bits per heavy atom. The number of rotatable bonds is 14. The molecule has 0 fully saturated rings. The van der Waals surface area contributed by atoms with Crippen molar-refractivity contribution in [2.45, 2.75) is 27.7 Å². The van der Waals surface area contributed by atoms with Crippen LogP contribution in [-0.4, -0.2) is 35.1 Å². The first-order chi connectivity index (χ1) is 36.8. The minimum Gasteiger partial charge on any atom is -0.478 e. The van der Waals surface area contributed by atoms with Crippen LogP contribution in [0.4, 0.5) is 0 Å². The van der Waals surface area contributed by atoms with Crippen LogP contribution in [0.15, 0.2) is 218 Å². The summed E-state index contributed by atoms with van der Waals surface area (Å²) in [6.07, 6.45) is 0. The van der Waals surface area contributed by atoms with E-state index in [2.05, 4.69) is 137 Å². The zero-order valence-electron chi connectivity index (χ0n) is 42.3. The van der Waals surface area contributed by atoms with Crippen molar-refractivity contribution in [1.29, 1.82) is 0 Å². The van der Waals surface area contributed by atoms with Gasteiger partial charge in [-0.15, -0.1) is 0 Å². The summed E-state index contributed by atoms with van der Waals surface area (Å²) in [7, 11) is 0. The average Bonchev–Trinajstić information content (AvgIpc) is 3.48. The molecule has 0 bridgehead atoms. The SMILES string of the molecule is Cc1ccc(-c2cc(-c3ccc(C)cc3)c(-c3ccc(C)cc3)cc2-c2ccc(C)cc2)cc1.O=COc1ccc(-c2cc(-c3ccc(C(=O)O)cc3)c(-c3ccc(C(=O)O)cc3)cc2-c2ccc(OC=O)cc2)cc1. The Kier molecular flexibility index (Phi) is 15.4. The van der Waals surface area contributed by atoms with Crippen molar-refractivity contribution in [2.75, 3.05) is 0 Å². The fourth-order valence-corrected chi connectivity index (χ4v) is 9.16. The molecule has 10 aromatic carbocycles. The van der Waals surface area contributed by atoms with Gasteiger partial charge >= 0.3 is 11.9 Å². The maximum Gasteiger partial charge on any atom is 0.335 e. The van der Waals surface area contributed by atoms with Crippen LogP contribution in [0.1, 0.15) is 43.0 Å². The van der Waals surface area contributed by atoms with Crippen LogP contribution < -0.4 is 9.47 Å². The van der Waals surface area contributed by atoms with Crippen molar-refractivity contribution in [1.82, 2.24) is 0 Å². The normalized spacial score (nSPS) is 10.7. The van der Waals surface area contributed by atoms with E-state index in [-0.39, 0.29) is 11.1 Å². The van der Waals surface area contributed by atoms with Gasteiger partial charge in [0.1, 0.15) is 11.5 Å². The number of benzene rings is 10. The summed E-state index contributed by atoms with van der Waals surface area (Å²) >= 11 is 0. The Morgan fingerprint density at radius 3 is 0.632 bits per heavy atom. The third-order valence-corrected chi connectivity index (χ3v) is 13.4. The summed E-state index contributed by atoms with van der Waals surface area (Å²) in [5.41, 5.74) is 21.7. The molecule has 372 valence electrons. The van der Waals surface area contributed by atoms with E-state index in [0.29, 0.717) is 24.4 Å². The quantitative estimate of drug-likeness (QED) is 0.103. The summed E-state index contributed by atoms with van der Waals surface area (Å²) in [6.45, 7) is 9.27. The second-order valence-corrected chi connectivity index (χ2v) is 18.6. The van der Waals surface area contributed by atoms with Gasteiger partial charge in [-0.1, -0.05) is 168 Å². The number of aryl methyl sites for hydroxylation is 4. The lowest BCUT2D eigenvalue weighted by Gasteiger charge is -2.19. The van der Waals surface area contributed by atoms with Crippen molar-refractivity contribution in [3.8, 4) is 101 Å². The molecule has 0 amide bonds. The summed E-state index contributed by atoms with van der Waals surface area (Å²) in [6, 6.07) is 71.3. The van der Waals surface area contributed by atoms with Gasteiger partial charge in [-0.05, 0) is 190 Å². The molecule has 0 spiro atoms. The van der Waals surface area contributed by atoms with Crippen LogP contribution in [0.25, 0.3) is 89.0 Å². The number of ether oxygens (including phenoxy) is 2. The fraction of sp³-hybridized carbons (Fsp3) is 0.0588. The Bertz CT molecular complexity index is 3330. The molecule has 0 saturated carbocycles. The maximum atomic E-state index is 11.5. The van der Waals surface area contributed by atoms with Gasteiger partial charge in [0.25, 0.3) is 12.9 Å². The zero-order valence-corrected chi connectivity index (χ0v) is 42.3. The van der Waals surface area contributed by atoms with Gasteiger partial charge < -0.3 is 19.7 Å². The first kappa shape index (κ1) is 51.0. The van der Waals surface area contributed by atoms with Crippen molar-refractivity contribution < 1.29 is 38.9 Å². The molecular formula is C68H52O8. The van der Waals surface area contributed by atoms with E-state index < -0.39 is 11.9 Å². The molecular weight excluding hydrogens is 945 g/mol. The summed E-state index contributed by atoms with van der Waals surface area (Å²) < 4.78 is 9.92. The highest BCUT2D eigenvalue weighted by Gasteiger charge is 2.19. The number of carbonyl (C=O) groups excluding carboxylic acids is 2. The predicted molar refractivity (Wildman–Crippen MR) is 303 cm³/mol. The van der Waals surface area contributed by atoms with Gasteiger partial charge in [-0.2, -0.15) is 0 Å². The molecule has 0 heterocycles. The summed E-state index contributed by atoms with van der Waals surface area (Å²) in [4.78, 5) is 44.6. The molecule has 0 radical (unpaired) electrons. The number of carboxylic acid groups (broad SMARTS) is 2. The highest BCUT2D eigenvalue weighted by Crippen LogP contribution is 2.45. The van der Waals surface area contributed by atoms with Crippen LogP contribution >= 0.6 is 0 Å². The van der Waals surface area contributed by atoms with Gasteiger partial charge in [-0.3, -0.25) is 9.59 Å². The van der Waals surface area contributed by atoms with Gasteiger partial charge in [0.2, 0.25) is 0 Å². The maximum absolute atomic E-state index is 11.5. The van der Waals surface area contributed by atoms with Crippen LogP contribution in [0.2, 0.25) is 0 Å². The first-order valence-electron chi connectivity index (χ1n) is 24.6. The molecule has 0 aliphatic rings. The molecule has 0 aromatic heterocycles. The van der Waals surface area contributed by atoms with Gasteiger partial charge in [0.05, 0.1) is 11.1 Å². The molecule has 0 aliphatic heterocycles. The second-order valence-electron chi connectivity index (χ2n) is 18.6. The van der Waals surface area contributed by atoms with Crippen molar-refractivity contribution in [3.05, 3.63) is 252 Å². The third kappa shape index (κ3) is 11.6. The van der Waals surface area contributed by atoms with Gasteiger partial charge in [0, 0.05) is 0 Å². The molecule has 2 N–H and O–H groups in total. The number of carboxylic acids is 2. The number of hydrogen-bond donors (Lipinski definition) is 2. The molecule has 0 aliphatic carbocycles. The smallest absolute Gasteiger partial charge is 0.335 e. The minimum atomic E-state index is -1.04. The van der Waals surface area contributed by atoms with Crippen LogP contribution in [-0.2, 0) is 9.59 Å². The van der Waals surface area contributed by atoms with Crippen molar-refractivity contribution in [3.63, 3.8) is 0 Å². The third-order valence-electron chi connectivity index (χ3n) is 13.4. The van der Waals surface area contributed by atoms with Gasteiger partial charge in [-0.25, -0.2) is 9.59 Å². The highest BCUT2D eigenvalue weighted by molar-refractivity contribution is 5.98. The Labute approximate surface area is 441 Å². The molecule has 8 nitrogen and oxygen atoms in total. The second kappa shape index (κ2) is 22.9. The minimum absolute atomic E-state index is 0.145. The Balaban J connectivity index is 0.000000190. The molecule has 0 atom stereocenters. The lowest BCUT2D eigenvalue weighted by Crippen LogP contribution is -1.97. The Hall–Kier alpha value is -9.92. The number of hydrogen-bond acceptors (Lipinski definition) is 6. The lowest BCUT2D eigenvalue weighted by atomic mass is 9.85. The Morgan fingerprint density at radius 2 is 0.461 bits per heavy atom. The standard InChI is InChI=1S/C34H22O8.C34H30/c35-19-41-27-13-9-23(10-14-27)31-17-29(21-1-5-25(6-2-21)33(37)38)30(22-3-7-26(8-4-22)34(39)40)18-32(31)24-11-15-28(16-12-24)42-20-36;1-23-5-13-27(14-6-23)31-21-33(29-17-9-25(3)10-18-29)34(30-19-11-26(4)12-20-30)22-32(31)28-15-7-24(2)8-16-28/h1-20H,(H,37,38)(H,39,40);5-22H,1-4H3. The molecule has 0 saturated heterocycles. The average molecular weight is 997 g/mol. The van der Waals surface area contributed by atoms with E-state index >= 15 is 0 Å². The largest absolute Gasteiger partial charge is 0.478 e. The lowest BCUT2D eigenvalue weighted by molar-refractivity contribution is -0.121. The van der Waals surface area contributed by atoms with Crippen molar-refractivity contribution >= 4 is 24.9 Å². The van der Waals surface area contributed by atoms with E-state index in [1.54, 1.807) is 48.5 Å². The topological polar surface area (TPSA) is 127 Å². The molecule has 10 rings (SSSR count). The van der Waals surface area contributed by atoms with E-state index in [1.165, 1.54) is 91.0 Å². The van der Waals surface area contributed by atoms with Crippen molar-refractivity contribution in [2.24, 2.45) is 0 Å². The van der Waals surface area contributed by atoms with E-state index in [4.69, 9.17) is 9.47 Å². The fourth-order valence-electron chi connectivity index (χ4n) is 9.16. The molecule has 8 heteroatoms. The number of aromatic carboxylic acids is 2. The molecule has 10 aromatic rings. The van der Waals surface area contributed by atoms with Crippen LogP contribution in [0.5, 0.6) is 11.5 Å². The van der Waals surface area contributed by atoms with E-state index in [1.807, 2.05) is 36.4 Å².